The molecule has 0 saturated carbocycles. The van der Waals surface area contributed by atoms with Gasteiger partial charge in [0.1, 0.15) is 5.75 Å². The van der Waals surface area contributed by atoms with Gasteiger partial charge >= 0.3 is 0 Å². The van der Waals surface area contributed by atoms with Gasteiger partial charge in [0.25, 0.3) is 5.69 Å². The van der Waals surface area contributed by atoms with E-state index in [0.29, 0.717) is 11.3 Å². The zero-order chi connectivity index (χ0) is 16.3. The lowest BCUT2D eigenvalue weighted by Crippen LogP contribution is -2.34. The van der Waals surface area contributed by atoms with Crippen LogP contribution in [-0.4, -0.2) is 15.9 Å². The second-order valence-corrected chi connectivity index (χ2v) is 5.43. The molecule has 2 rings (SSSR count). The van der Waals surface area contributed by atoms with Gasteiger partial charge in [0.05, 0.1) is 10.3 Å². The summed E-state index contributed by atoms with van der Waals surface area (Å²) in [6.07, 6.45) is 0. The summed E-state index contributed by atoms with van der Waals surface area (Å²) in [5.74, 6) is -0.210. The molecule has 2 N–H and O–H groups in total. The van der Waals surface area contributed by atoms with Gasteiger partial charge in [0.15, 0.2) is 0 Å². The molecule has 0 aliphatic heterocycles. The number of non-ortho nitro benzene ring substituents is 1. The van der Waals surface area contributed by atoms with Crippen molar-refractivity contribution in [1.82, 2.24) is 0 Å². The predicted molar refractivity (Wildman–Crippen MR) is 82.9 cm³/mol. The van der Waals surface area contributed by atoms with Crippen molar-refractivity contribution in [1.29, 1.82) is 0 Å². The van der Waals surface area contributed by atoms with Crippen molar-refractivity contribution < 1.29 is 14.8 Å². The lowest BCUT2D eigenvalue weighted by Gasteiger charge is -2.24. The number of nitrogens with one attached hydrogen (secondary N) is 1. The highest BCUT2D eigenvalue weighted by Crippen LogP contribution is 2.27. The molecule has 0 unspecified atom stereocenters. The Morgan fingerprint density at radius 1 is 1.18 bits per heavy atom. The number of amides is 1. The van der Waals surface area contributed by atoms with Gasteiger partial charge in [0.2, 0.25) is 5.91 Å². The monoisotopic (exact) mass is 300 g/mol. The van der Waals surface area contributed by atoms with Crippen LogP contribution in [0.2, 0.25) is 0 Å². The van der Waals surface area contributed by atoms with Crippen molar-refractivity contribution in [3.63, 3.8) is 0 Å². The number of nitro groups is 1. The van der Waals surface area contributed by atoms with Crippen LogP contribution in [0.4, 0.5) is 11.4 Å². The van der Waals surface area contributed by atoms with E-state index in [2.05, 4.69) is 5.32 Å². The Hall–Kier alpha value is -2.89. The topological polar surface area (TPSA) is 92.5 Å². The zero-order valence-electron chi connectivity index (χ0n) is 12.2. The molecule has 0 heterocycles. The number of hydrogen-bond acceptors (Lipinski definition) is 4. The quantitative estimate of drug-likeness (QED) is 0.669. The molecule has 6 heteroatoms. The molecule has 2 aromatic carbocycles. The highest BCUT2D eigenvalue weighted by Gasteiger charge is 2.30. The van der Waals surface area contributed by atoms with Gasteiger partial charge in [-0.05, 0) is 31.5 Å². The molecule has 6 nitrogen and oxygen atoms in total. The number of rotatable bonds is 4. The summed E-state index contributed by atoms with van der Waals surface area (Å²) in [5, 5.41) is 22.8. The molecule has 0 radical (unpaired) electrons. The summed E-state index contributed by atoms with van der Waals surface area (Å²) in [6, 6.07) is 12.1. The average molecular weight is 300 g/mol. The number of carbonyl (C=O) groups excluding carboxylic acids is 1. The Morgan fingerprint density at radius 2 is 1.82 bits per heavy atom. The molecular formula is C16H16N2O4. The average Bonchev–Trinajstić information content (AvgIpc) is 2.47. The third kappa shape index (κ3) is 3.22. The summed E-state index contributed by atoms with van der Waals surface area (Å²) in [4.78, 5) is 22.6. The van der Waals surface area contributed by atoms with Crippen molar-refractivity contribution in [3.05, 3.63) is 64.2 Å². The fourth-order valence-electron chi connectivity index (χ4n) is 2.00. The van der Waals surface area contributed by atoms with E-state index in [1.54, 1.807) is 38.1 Å². The highest BCUT2D eigenvalue weighted by atomic mass is 16.6. The molecule has 22 heavy (non-hydrogen) atoms. The van der Waals surface area contributed by atoms with Gasteiger partial charge in [0, 0.05) is 23.9 Å². The van der Waals surface area contributed by atoms with Crippen molar-refractivity contribution >= 4 is 17.3 Å². The number of phenols is 1. The Balaban J connectivity index is 2.21. The molecule has 0 spiro atoms. The second-order valence-electron chi connectivity index (χ2n) is 5.43. The Bertz CT molecular complexity index is 708. The zero-order valence-corrected chi connectivity index (χ0v) is 12.2. The van der Waals surface area contributed by atoms with E-state index in [9.17, 15) is 20.0 Å². The van der Waals surface area contributed by atoms with E-state index in [1.165, 1.54) is 24.3 Å². The molecule has 0 saturated heterocycles. The maximum atomic E-state index is 12.4. The van der Waals surface area contributed by atoms with Crippen molar-refractivity contribution in [3.8, 4) is 5.75 Å². The maximum Gasteiger partial charge on any atom is 0.269 e. The summed E-state index contributed by atoms with van der Waals surface area (Å²) in [7, 11) is 0. The molecule has 114 valence electrons. The third-order valence-corrected chi connectivity index (χ3v) is 3.47. The fraction of sp³-hybridized carbons (Fsp3) is 0.188. The van der Waals surface area contributed by atoms with Crippen LogP contribution in [0, 0.1) is 10.1 Å². The van der Waals surface area contributed by atoms with Crippen LogP contribution < -0.4 is 5.32 Å². The SMILES string of the molecule is CC(C)(C(=O)Nc1cccc(O)c1)c1ccc([N+](=O)[O-])cc1. The molecular weight excluding hydrogens is 284 g/mol. The number of benzene rings is 2. The molecule has 0 fully saturated rings. The molecule has 0 atom stereocenters. The first-order valence-corrected chi connectivity index (χ1v) is 6.66. The molecule has 1 amide bonds. The molecule has 2 aromatic rings. The summed E-state index contributed by atoms with van der Waals surface area (Å²) >= 11 is 0. The number of anilines is 1. The first kappa shape index (κ1) is 15.5. The number of nitrogens with zero attached hydrogens (tertiary/aromatic N) is 1. The van der Waals surface area contributed by atoms with Crippen LogP contribution in [0.3, 0.4) is 0 Å². The summed E-state index contributed by atoms with van der Waals surface area (Å²) < 4.78 is 0. The van der Waals surface area contributed by atoms with Crippen LogP contribution in [-0.2, 0) is 10.2 Å². The lowest BCUT2D eigenvalue weighted by molar-refractivity contribution is -0.384. The number of hydrogen-bond donors (Lipinski definition) is 2. The van der Waals surface area contributed by atoms with E-state index in [4.69, 9.17) is 0 Å². The second kappa shape index (κ2) is 5.85. The summed E-state index contributed by atoms with van der Waals surface area (Å²) in [6.45, 7) is 3.46. The maximum absolute atomic E-state index is 12.4. The van der Waals surface area contributed by atoms with E-state index < -0.39 is 10.3 Å². The van der Waals surface area contributed by atoms with Gasteiger partial charge in [-0.25, -0.2) is 0 Å². The standard InChI is InChI=1S/C16H16N2O4/c1-16(2,11-6-8-13(9-7-11)18(21)22)15(20)17-12-4-3-5-14(19)10-12/h3-10,19H,1-2H3,(H,17,20). The highest BCUT2D eigenvalue weighted by molar-refractivity contribution is 5.98. The van der Waals surface area contributed by atoms with Crippen LogP contribution in [0.25, 0.3) is 0 Å². The van der Waals surface area contributed by atoms with Crippen molar-refractivity contribution in [2.45, 2.75) is 19.3 Å². The minimum Gasteiger partial charge on any atom is -0.508 e. The molecule has 0 bridgehead atoms. The number of phenolic OH excluding ortho intramolecular Hbond substituents is 1. The van der Waals surface area contributed by atoms with E-state index >= 15 is 0 Å². The third-order valence-electron chi connectivity index (χ3n) is 3.47. The van der Waals surface area contributed by atoms with Crippen LogP contribution >= 0.6 is 0 Å². The fourth-order valence-corrected chi connectivity index (χ4v) is 2.00. The Morgan fingerprint density at radius 3 is 2.36 bits per heavy atom. The van der Waals surface area contributed by atoms with Crippen molar-refractivity contribution in [2.75, 3.05) is 5.32 Å². The molecule has 0 aliphatic carbocycles. The molecule has 0 aliphatic rings. The molecule has 0 aromatic heterocycles. The first-order valence-electron chi connectivity index (χ1n) is 6.66. The minimum absolute atomic E-state index is 0.0204. The Kier molecular flexibility index (Phi) is 4.12. The minimum atomic E-state index is -0.874. The summed E-state index contributed by atoms with van der Waals surface area (Å²) in [5.41, 5.74) is 0.254. The van der Waals surface area contributed by atoms with Crippen molar-refractivity contribution in [2.24, 2.45) is 0 Å². The van der Waals surface area contributed by atoms with Crippen LogP contribution in [0.15, 0.2) is 48.5 Å². The largest absolute Gasteiger partial charge is 0.508 e. The normalized spacial score (nSPS) is 11.0. The number of nitro benzene ring substituents is 1. The van der Waals surface area contributed by atoms with Gasteiger partial charge < -0.3 is 10.4 Å². The smallest absolute Gasteiger partial charge is 0.269 e. The van der Waals surface area contributed by atoms with Crippen LogP contribution in [0.1, 0.15) is 19.4 Å². The van der Waals surface area contributed by atoms with Gasteiger partial charge in [-0.2, -0.15) is 0 Å². The van der Waals surface area contributed by atoms with Crippen LogP contribution in [0.5, 0.6) is 5.75 Å². The van der Waals surface area contributed by atoms with E-state index in [0.717, 1.165) is 0 Å². The van der Waals surface area contributed by atoms with E-state index in [1.807, 2.05) is 0 Å². The number of carbonyl (C=O) groups is 1. The van der Waals surface area contributed by atoms with Gasteiger partial charge in [-0.15, -0.1) is 0 Å². The van der Waals surface area contributed by atoms with E-state index in [-0.39, 0.29) is 17.3 Å². The lowest BCUT2D eigenvalue weighted by atomic mass is 9.83. The Labute approximate surface area is 127 Å². The number of aromatic hydroxyl groups is 1. The first-order chi connectivity index (χ1) is 10.3. The van der Waals surface area contributed by atoms with Gasteiger partial charge in [-0.1, -0.05) is 18.2 Å². The van der Waals surface area contributed by atoms with Gasteiger partial charge in [-0.3, -0.25) is 14.9 Å². The predicted octanol–water partition coefficient (Wildman–Crippen LogP) is 3.22.